The smallest absolute Gasteiger partial charge is 0.164 e. The maximum Gasteiger partial charge on any atom is 0.164 e. The van der Waals surface area contributed by atoms with E-state index in [-0.39, 0.29) is 0 Å². The first-order valence-corrected chi connectivity index (χ1v) is 16.5. The lowest BCUT2D eigenvalue weighted by Gasteiger charge is -2.22. The molecule has 0 amide bonds. The Labute approximate surface area is 277 Å². The van der Waals surface area contributed by atoms with E-state index in [0.29, 0.717) is 17.5 Å². The zero-order valence-corrected chi connectivity index (χ0v) is 26.2. The van der Waals surface area contributed by atoms with E-state index in [0.717, 1.165) is 22.3 Å². The molecule has 0 aliphatic carbocycles. The monoisotopic (exact) mass is 617 g/mol. The molecule has 220 valence electrons. The predicted octanol–water partition coefficient (Wildman–Crippen LogP) is 11.5. The molecule has 1 aromatic heterocycles. The lowest BCUT2D eigenvalue weighted by atomic mass is 9.92. The van der Waals surface area contributed by atoms with Crippen molar-refractivity contribution in [3.63, 3.8) is 0 Å². The van der Waals surface area contributed by atoms with Crippen LogP contribution < -0.4 is 0 Å². The van der Waals surface area contributed by atoms with Crippen molar-refractivity contribution in [3.8, 4) is 67.5 Å². The predicted molar refractivity (Wildman–Crippen MR) is 194 cm³/mol. The third kappa shape index (κ3) is 5.00. The highest BCUT2D eigenvalue weighted by atomic mass is 32.2. The molecule has 1 aliphatic rings. The Hall–Kier alpha value is -5.84. The molecule has 4 heteroatoms. The second-order valence-electron chi connectivity index (χ2n) is 11.6. The summed E-state index contributed by atoms with van der Waals surface area (Å²) in [6.45, 7) is 0. The van der Waals surface area contributed by atoms with Crippen molar-refractivity contribution < 1.29 is 0 Å². The van der Waals surface area contributed by atoms with Gasteiger partial charge in [0.05, 0.1) is 0 Å². The average Bonchev–Trinajstić information content (AvgIpc) is 3.16. The molecule has 0 atom stereocenters. The summed E-state index contributed by atoms with van der Waals surface area (Å²) in [5.74, 6) is 1.97. The Morgan fingerprint density at radius 2 is 0.830 bits per heavy atom. The van der Waals surface area contributed by atoms with E-state index in [1.807, 2.05) is 48.2 Å². The zero-order valence-electron chi connectivity index (χ0n) is 25.3. The first-order valence-electron chi connectivity index (χ1n) is 15.7. The van der Waals surface area contributed by atoms with Crippen LogP contribution >= 0.6 is 11.8 Å². The van der Waals surface area contributed by atoms with Crippen molar-refractivity contribution in [1.82, 2.24) is 15.0 Å². The summed E-state index contributed by atoms with van der Waals surface area (Å²) in [4.78, 5) is 17.5. The summed E-state index contributed by atoms with van der Waals surface area (Å²) in [6.07, 6.45) is 0. The van der Waals surface area contributed by atoms with E-state index >= 15 is 0 Å². The molecule has 0 bridgehead atoms. The number of rotatable bonds is 5. The van der Waals surface area contributed by atoms with Crippen LogP contribution in [0, 0.1) is 0 Å². The van der Waals surface area contributed by atoms with Crippen LogP contribution in [0.1, 0.15) is 0 Å². The molecule has 0 fully saturated rings. The molecule has 2 heterocycles. The molecule has 7 aromatic carbocycles. The first kappa shape index (κ1) is 27.5. The molecule has 1 aliphatic heterocycles. The minimum atomic E-state index is 0.655. The largest absolute Gasteiger partial charge is 0.208 e. The minimum absolute atomic E-state index is 0.655. The van der Waals surface area contributed by atoms with E-state index in [2.05, 4.69) is 127 Å². The van der Waals surface area contributed by atoms with Gasteiger partial charge in [-0.2, -0.15) is 0 Å². The second kappa shape index (κ2) is 11.5. The van der Waals surface area contributed by atoms with Gasteiger partial charge in [0.15, 0.2) is 17.5 Å². The van der Waals surface area contributed by atoms with Crippen LogP contribution in [0.4, 0.5) is 0 Å². The Balaban J connectivity index is 1.15. The number of benzene rings is 7. The molecule has 8 aromatic rings. The van der Waals surface area contributed by atoms with Gasteiger partial charge in [0.2, 0.25) is 0 Å². The zero-order chi connectivity index (χ0) is 31.2. The maximum absolute atomic E-state index is 5.05. The van der Waals surface area contributed by atoms with Crippen LogP contribution in [0.2, 0.25) is 0 Å². The van der Waals surface area contributed by atoms with Crippen molar-refractivity contribution in [2.45, 2.75) is 9.79 Å². The summed E-state index contributed by atoms with van der Waals surface area (Å²) in [5.41, 5.74) is 10.2. The lowest BCUT2D eigenvalue weighted by molar-refractivity contribution is 1.07. The van der Waals surface area contributed by atoms with Crippen LogP contribution in [-0.4, -0.2) is 15.0 Å². The summed E-state index contributed by atoms with van der Waals surface area (Å²) in [5, 5.41) is 2.59. The highest BCUT2D eigenvalue weighted by molar-refractivity contribution is 7.99. The van der Waals surface area contributed by atoms with Crippen molar-refractivity contribution in [2.75, 3.05) is 0 Å². The van der Waals surface area contributed by atoms with Crippen molar-refractivity contribution in [2.24, 2.45) is 0 Å². The summed E-state index contributed by atoms with van der Waals surface area (Å²) in [7, 11) is 0. The minimum Gasteiger partial charge on any atom is -0.208 e. The summed E-state index contributed by atoms with van der Waals surface area (Å²) in [6, 6.07) is 57.4. The molecule has 47 heavy (non-hydrogen) atoms. The fourth-order valence-electron chi connectivity index (χ4n) is 6.43. The molecule has 0 spiro atoms. The quantitative estimate of drug-likeness (QED) is 0.193. The second-order valence-corrected chi connectivity index (χ2v) is 12.7. The number of aromatic nitrogens is 3. The number of hydrogen-bond acceptors (Lipinski definition) is 4. The van der Waals surface area contributed by atoms with Gasteiger partial charge in [-0.1, -0.05) is 163 Å². The number of hydrogen-bond donors (Lipinski definition) is 0. The Morgan fingerprint density at radius 1 is 0.319 bits per heavy atom. The van der Waals surface area contributed by atoms with Crippen molar-refractivity contribution in [1.29, 1.82) is 0 Å². The van der Waals surface area contributed by atoms with Gasteiger partial charge in [-0.05, 0) is 50.9 Å². The third-order valence-electron chi connectivity index (χ3n) is 8.75. The van der Waals surface area contributed by atoms with Crippen LogP contribution in [0.3, 0.4) is 0 Å². The van der Waals surface area contributed by atoms with Crippen LogP contribution in [0.5, 0.6) is 0 Å². The normalized spacial score (nSPS) is 11.7. The van der Waals surface area contributed by atoms with E-state index in [9.17, 15) is 0 Å². The van der Waals surface area contributed by atoms with Gasteiger partial charge in [0.25, 0.3) is 0 Å². The molecular formula is C43H27N3S. The molecule has 9 rings (SSSR count). The molecular weight excluding hydrogens is 591 g/mol. The Kier molecular flexibility index (Phi) is 6.72. The van der Waals surface area contributed by atoms with Crippen LogP contribution in [0.15, 0.2) is 174 Å². The molecule has 0 saturated carbocycles. The van der Waals surface area contributed by atoms with Gasteiger partial charge in [0.1, 0.15) is 0 Å². The summed E-state index contributed by atoms with van der Waals surface area (Å²) >= 11 is 1.82. The number of fused-ring (bicyclic) bond motifs is 2. The van der Waals surface area contributed by atoms with Gasteiger partial charge in [-0.25, -0.2) is 15.0 Å². The SMILES string of the molecule is c1ccc(-c2ccc(-c3nc(-c4ccccc4)nc(-c4ccc5c(c4)Sc4ccc(-c6ccccc6)c6cccc-5c46)n3)cc2)cc1. The highest BCUT2D eigenvalue weighted by Crippen LogP contribution is 2.50. The van der Waals surface area contributed by atoms with E-state index in [1.165, 1.54) is 48.4 Å². The molecule has 0 unspecified atom stereocenters. The van der Waals surface area contributed by atoms with Gasteiger partial charge in [-0.15, -0.1) is 0 Å². The molecule has 0 N–H and O–H groups in total. The van der Waals surface area contributed by atoms with Crippen molar-refractivity contribution in [3.05, 3.63) is 164 Å². The maximum atomic E-state index is 5.05. The highest BCUT2D eigenvalue weighted by Gasteiger charge is 2.22. The third-order valence-corrected chi connectivity index (χ3v) is 9.87. The Morgan fingerprint density at radius 3 is 1.51 bits per heavy atom. The van der Waals surface area contributed by atoms with Gasteiger partial charge < -0.3 is 0 Å². The van der Waals surface area contributed by atoms with E-state index in [1.54, 1.807) is 0 Å². The van der Waals surface area contributed by atoms with Gasteiger partial charge in [0, 0.05) is 31.9 Å². The Bertz CT molecular complexity index is 2410. The van der Waals surface area contributed by atoms with Crippen LogP contribution in [-0.2, 0) is 0 Å². The van der Waals surface area contributed by atoms with E-state index in [4.69, 9.17) is 15.0 Å². The average molecular weight is 618 g/mol. The van der Waals surface area contributed by atoms with Gasteiger partial charge in [-0.3, -0.25) is 0 Å². The van der Waals surface area contributed by atoms with E-state index < -0.39 is 0 Å². The number of nitrogens with zero attached hydrogens (tertiary/aromatic N) is 3. The van der Waals surface area contributed by atoms with Crippen molar-refractivity contribution >= 4 is 22.5 Å². The topological polar surface area (TPSA) is 38.7 Å². The van der Waals surface area contributed by atoms with Gasteiger partial charge >= 0.3 is 0 Å². The molecule has 0 saturated heterocycles. The van der Waals surface area contributed by atoms with Crippen LogP contribution in [0.25, 0.3) is 78.3 Å². The lowest BCUT2D eigenvalue weighted by Crippen LogP contribution is -2.01. The standard InChI is InChI=1S/C43H27N3S/c1-4-11-28(12-5-1)29-19-21-32(22-20-29)42-44-41(31-15-8-3-9-16-31)45-43(46-42)33-23-24-35-37-18-10-17-36-34(30-13-6-2-7-14-30)25-26-38(40(36)37)47-39(35)27-33/h1-27H. The molecule has 3 nitrogen and oxygen atoms in total. The fraction of sp³-hybridized carbons (Fsp3) is 0. The fourth-order valence-corrected chi connectivity index (χ4v) is 7.60. The summed E-state index contributed by atoms with van der Waals surface area (Å²) < 4.78 is 0. The molecule has 0 radical (unpaired) electrons. The first-order chi connectivity index (χ1) is 23.3.